The second kappa shape index (κ2) is 6.07. The van der Waals surface area contributed by atoms with Gasteiger partial charge in [0, 0.05) is 19.3 Å². The molecule has 0 atom stereocenters. The summed E-state index contributed by atoms with van der Waals surface area (Å²) < 4.78 is 27.9. The number of aromatic nitrogens is 1. The number of hydrogen-bond acceptors (Lipinski definition) is 3. The molecule has 0 unspecified atom stereocenters. The van der Waals surface area contributed by atoms with Crippen molar-refractivity contribution in [1.82, 2.24) is 4.57 Å². The maximum absolute atomic E-state index is 11.9. The van der Waals surface area contributed by atoms with Crippen molar-refractivity contribution in [3.63, 3.8) is 0 Å². The van der Waals surface area contributed by atoms with Gasteiger partial charge in [0.25, 0.3) is 5.56 Å². The molecule has 0 amide bonds. The smallest absolute Gasteiger partial charge is 0.273 e. The number of nitrogens with zero attached hydrogens (tertiary/aromatic N) is 1. The van der Waals surface area contributed by atoms with E-state index in [1.165, 1.54) is 0 Å². The molecule has 2 rings (SSSR count). The van der Waals surface area contributed by atoms with Crippen LogP contribution >= 0.6 is 12.4 Å². The molecule has 4 nitrogen and oxygen atoms in total. The highest BCUT2D eigenvalue weighted by Gasteiger charge is 2.22. The van der Waals surface area contributed by atoms with E-state index in [0.717, 1.165) is 12.8 Å². The van der Waals surface area contributed by atoms with Crippen LogP contribution in [0.5, 0.6) is 0 Å². The second-order valence-electron chi connectivity index (χ2n) is 4.22. The van der Waals surface area contributed by atoms with Crippen LogP contribution in [0.3, 0.4) is 0 Å². The van der Waals surface area contributed by atoms with Crippen molar-refractivity contribution in [2.24, 2.45) is 0 Å². The average molecular weight is 262 g/mol. The zero-order valence-corrected chi connectivity index (χ0v) is 10.3. The van der Waals surface area contributed by atoms with E-state index in [4.69, 9.17) is 14.6 Å². The number of rotatable bonds is 2. The fraction of sp³-hybridized carbons (Fsp3) is 0.583. The summed E-state index contributed by atoms with van der Waals surface area (Å²) in [6.45, 7) is 0. The van der Waals surface area contributed by atoms with Gasteiger partial charge in [-0.2, -0.15) is 0 Å². The fourth-order valence-electron chi connectivity index (χ4n) is 2.26. The SMILES string of the molecule is Cl.[2H]C([2H])([2H])OC1CCC(n2cccc(N)c2=O)CC1. The van der Waals surface area contributed by atoms with Crippen LogP contribution in [0.4, 0.5) is 5.69 Å². The molecule has 5 heteroatoms. The topological polar surface area (TPSA) is 57.2 Å². The van der Waals surface area contributed by atoms with Gasteiger partial charge in [-0.15, -0.1) is 12.4 Å². The van der Waals surface area contributed by atoms with E-state index in [2.05, 4.69) is 0 Å². The number of nitrogen functional groups attached to an aromatic ring is 1. The molecule has 0 saturated heterocycles. The van der Waals surface area contributed by atoms with Crippen molar-refractivity contribution in [3.05, 3.63) is 28.7 Å². The Bertz CT molecular complexity index is 496. The van der Waals surface area contributed by atoms with Crippen LogP contribution in [0, 0.1) is 0 Å². The van der Waals surface area contributed by atoms with E-state index < -0.39 is 7.04 Å². The summed E-state index contributed by atoms with van der Waals surface area (Å²) in [4.78, 5) is 11.9. The highest BCUT2D eigenvalue weighted by Crippen LogP contribution is 2.28. The Morgan fingerprint density at radius 2 is 2.18 bits per heavy atom. The zero-order valence-electron chi connectivity index (χ0n) is 12.5. The summed E-state index contributed by atoms with van der Waals surface area (Å²) in [6, 6.07) is 3.41. The molecule has 0 bridgehead atoms. The number of anilines is 1. The molecule has 1 fully saturated rings. The molecular weight excluding hydrogens is 240 g/mol. The number of methoxy groups -OCH3 is 1. The lowest BCUT2D eigenvalue weighted by Crippen LogP contribution is -2.30. The summed E-state index contributed by atoms with van der Waals surface area (Å²) in [7, 11) is -2.34. The predicted molar refractivity (Wildman–Crippen MR) is 70.7 cm³/mol. The number of halogens is 1. The Balaban J connectivity index is 0.00000200. The molecule has 0 radical (unpaired) electrons. The lowest BCUT2D eigenvalue weighted by molar-refractivity contribution is 0.0580. The van der Waals surface area contributed by atoms with E-state index in [1.807, 2.05) is 0 Å². The molecule has 0 spiro atoms. The van der Waals surface area contributed by atoms with E-state index >= 15 is 0 Å². The van der Waals surface area contributed by atoms with Gasteiger partial charge in [-0.25, -0.2) is 0 Å². The number of pyridine rings is 1. The average Bonchev–Trinajstić information content (AvgIpc) is 2.32. The quantitative estimate of drug-likeness (QED) is 0.886. The van der Waals surface area contributed by atoms with Gasteiger partial charge < -0.3 is 15.0 Å². The molecule has 17 heavy (non-hydrogen) atoms. The zero-order chi connectivity index (χ0) is 14.0. The normalized spacial score (nSPS) is 27.4. The maximum atomic E-state index is 11.9. The number of nitrogens with two attached hydrogens (primary N) is 1. The predicted octanol–water partition coefficient (Wildman–Crippen LogP) is 1.98. The Morgan fingerprint density at radius 1 is 1.47 bits per heavy atom. The first-order valence-corrected chi connectivity index (χ1v) is 5.51. The van der Waals surface area contributed by atoms with Crippen LogP contribution in [0.25, 0.3) is 0 Å². The maximum Gasteiger partial charge on any atom is 0.273 e. The van der Waals surface area contributed by atoms with E-state index in [9.17, 15) is 4.79 Å². The third kappa shape index (κ3) is 3.01. The van der Waals surface area contributed by atoms with Crippen molar-refractivity contribution < 1.29 is 8.85 Å². The molecule has 0 aromatic carbocycles. The third-order valence-corrected chi connectivity index (χ3v) is 3.21. The van der Waals surface area contributed by atoms with Crippen LogP contribution in [0.2, 0.25) is 0 Å². The minimum atomic E-state index is -2.34. The van der Waals surface area contributed by atoms with Crippen molar-refractivity contribution in [2.75, 3.05) is 12.8 Å². The van der Waals surface area contributed by atoms with Crippen molar-refractivity contribution in [2.45, 2.75) is 37.8 Å². The van der Waals surface area contributed by atoms with E-state index in [-0.39, 0.29) is 35.8 Å². The van der Waals surface area contributed by atoms with E-state index in [0.29, 0.717) is 12.8 Å². The molecule has 0 aliphatic heterocycles. The Morgan fingerprint density at radius 3 is 2.82 bits per heavy atom. The summed E-state index contributed by atoms with van der Waals surface area (Å²) >= 11 is 0. The van der Waals surface area contributed by atoms with Gasteiger partial charge in [-0.05, 0) is 37.8 Å². The van der Waals surface area contributed by atoms with Crippen molar-refractivity contribution >= 4 is 18.1 Å². The summed E-state index contributed by atoms with van der Waals surface area (Å²) in [5.41, 5.74) is 5.67. The summed E-state index contributed by atoms with van der Waals surface area (Å²) in [5, 5.41) is 0. The summed E-state index contributed by atoms with van der Waals surface area (Å²) in [6.07, 6.45) is 4.22. The second-order valence-corrected chi connectivity index (χ2v) is 4.22. The van der Waals surface area contributed by atoms with Gasteiger partial charge in [0.15, 0.2) is 0 Å². The minimum absolute atomic E-state index is 0. The van der Waals surface area contributed by atoms with E-state index in [1.54, 1.807) is 22.9 Å². The highest BCUT2D eigenvalue weighted by atomic mass is 35.5. The molecular formula is C12H19ClN2O2. The van der Waals surface area contributed by atoms with Gasteiger partial charge in [-0.1, -0.05) is 0 Å². The molecule has 2 N–H and O–H groups in total. The first-order chi connectivity index (χ1) is 8.87. The number of hydrogen-bond donors (Lipinski definition) is 1. The van der Waals surface area contributed by atoms with Gasteiger partial charge in [0.2, 0.25) is 0 Å². The third-order valence-electron chi connectivity index (χ3n) is 3.21. The van der Waals surface area contributed by atoms with Gasteiger partial charge in [-0.3, -0.25) is 4.79 Å². The van der Waals surface area contributed by atoms with Gasteiger partial charge in [0.05, 0.1) is 15.9 Å². The molecule has 1 heterocycles. The number of ether oxygens (including phenoxy) is 1. The largest absolute Gasteiger partial charge is 0.394 e. The van der Waals surface area contributed by atoms with Crippen LogP contribution in [0.15, 0.2) is 23.1 Å². The van der Waals surface area contributed by atoms with Crippen LogP contribution in [-0.2, 0) is 4.74 Å². The van der Waals surface area contributed by atoms with Gasteiger partial charge in [0.1, 0.15) is 0 Å². The molecule has 1 aromatic heterocycles. The Hall–Kier alpha value is -1.00. The summed E-state index contributed by atoms with van der Waals surface area (Å²) in [5.74, 6) is 0. The molecule has 1 aliphatic carbocycles. The molecule has 1 saturated carbocycles. The Labute approximate surface area is 111 Å². The van der Waals surface area contributed by atoms with Crippen molar-refractivity contribution in [3.8, 4) is 0 Å². The first kappa shape index (κ1) is 9.97. The monoisotopic (exact) mass is 261 g/mol. The lowest BCUT2D eigenvalue weighted by Gasteiger charge is -2.28. The fourth-order valence-corrected chi connectivity index (χ4v) is 2.26. The molecule has 96 valence electrons. The van der Waals surface area contributed by atoms with Crippen LogP contribution in [0.1, 0.15) is 35.8 Å². The first-order valence-electron chi connectivity index (χ1n) is 7.01. The van der Waals surface area contributed by atoms with Crippen molar-refractivity contribution in [1.29, 1.82) is 0 Å². The molecule has 1 aliphatic rings. The van der Waals surface area contributed by atoms with Crippen LogP contribution in [-0.4, -0.2) is 17.7 Å². The Kier molecular flexibility index (Phi) is 3.56. The highest BCUT2D eigenvalue weighted by molar-refractivity contribution is 5.85. The van der Waals surface area contributed by atoms with Gasteiger partial charge >= 0.3 is 0 Å². The lowest BCUT2D eigenvalue weighted by atomic mass is 9.92. The standard InChI is InChI=1S/C12H18N2O2.ClH/c1-16-10-6-4-9(5-7-10)14-8-2-3-11(13)12(14)15;/h2-3,8-10H,4-7,13H2,1H3;1H/i1D3;. The van der Waals surface area contributed by atoms with Crippen LogP contribution < -0.4 is 11.3 Å². The molecule has 1 aromatic rings. The minimum Gasteiger partial charge on any atom is -0.394 e.